The van der Waals surface area contributed by atoms with Gasteiger partial charge in [-0.3, -0.25) is 9.36 Å². The molecule has 1 N–H and O–H groups in total. The number of carbonyl (C=O) groups is 1. The number of alkyl halides is 2. The standard InChI is InChI=1S/C24H20F2N2O4/c1-15(28-19-9-5-6-10-21(19)32-24(28)30)22(29)27-18-11-12-20(31-23(25)26)17(14-18)13-16-7-3-2-4-8-16/h2-12,14-15,23H,13H2,1H3,(H,27,29). The molecule has 0 aliphatic carbocycles. The lowest BCUT2D eigenvalue weighted by Gasteiger charge is -2.16. The first-order chi connectivity index (χ1) is 15.4. The minimum absolute atomic E-state index is 0.0342. The van der Waals surface area contributed by atoms with Gasteiger partial charge in [0.25, 0.3) is 0 Å². The van der Waals surface area contributed by atoms with Crippen LogP contribution in [0.15, 0.2) is 82.0 Å². The van der Waals surface area contributed by atoms with E-state index in [1.165, 1.54) is 16.7 Å². The third-order valence-corrected chi connectivity index (χ3v) is 5.07. The maximum absolute atomic E-state index is 12.9. The van der Waals surface area contributed by atoms with Crippen molar-refractivity contribution in [2.45, 2.75) is 26.0 Å². The molecule has 0 radical (unpaired) electrons. The number of oxazole rings is 1. The smallest absolute Gasteiger partial charge is 0.420 e. The summed E-state index contributed by atoms with van der Waals surface area (Å²) in [6, 6.07) is 19.7. The summed E-state index contributed by atoms with van der Waals surface area (Å²) < 4.78 is 36.8. The van der Waals surface area contributed by atoms with Crippen molar-refractivity contribution < 1.29 is 22.7 Å². The summed E-state index contributed by atoms with van der Waals surface area (Å²) in [7, 11) is 0. The quantitative estimate of drug-likeness (QED) is 0.441. The molecular weight excluding hydrogens is 418 g/mol. The largest absolute Gasteiger partial charge is 0.435 e. The van der Waals surface area contributed by atoms with Crippen LogP contribution in [0.25, 0.3) is 11.1 Å². The molecule has 164 valence electrons. The van der Waals surface area contributed by atoms with Crippen LogP contribution < -0.4 is 15.8 Å². The molecule has 4 rings (SSSR count). The van der Waals surface area contributed by atoms with E-state index in [4.69, 9.17) is 4.42 Å². The van der Waals surface area contributed by atoms with E-state index in [9.17, 15) is 18.4 Å². The first-order valence-electron chi connectivity index (χ1n) is 9.95. The number of nitrogens with zero attached hydrogens (tertiary/aromatic N) is 1. The maximum Gasteiger partial charge on any atom is 0.420 e. The van der Waals surface area contributed by atoms with Gasteiger partial charge >= 0.3 is 12.4 Å². The molecule has 0 saturated heterocycles. The highest BCUT2D eigenvalue weighted by molar-refractivity contribution is 5.94. The lowest BCUT2D eigenvalue weighted by Crippen LogP contribution is -2.29. The van der Waals surface area contributed by atoms with Crippen LogP contribution in [0.1, 0.15) is 24.1 Å². The monoisotopic (exact) mass is 438 g/mol. The van der Waals surface area contributed by atoms with Gasteiger partial charge in [0.05, 0.1) is 5.52 Å². The number of carbonyl (C=O) groups excluding carboxylic acids is 1. The lowest BCUT2D eigenvalue weighted by molar-refractivity contribution is -0.118. The average Bonchev–Trinajstić information content (AvgIpc) is 3.11. The number of rotatable bonds is 7. The molecule has 4 aromatic rings. The number of para-hydroxylation sites is 2. The summed E-state index contributed by atoms with van der Waals surface area (Å²) in [6.07, 6.45) is 0.341. The zero-order valence-corrected chi connectivity index (χ0v) is 17.1. The Hall–Kier alpha value is -3.94. The zero-order valence-electron chi connectivity index (χ0n) is 17.1. The first-order valence-corrected chi connectivity index (χ1v) is 9.95. The molecule has 1 aromatic heterocycles. The van der Waals surface area contributed by atoms with Crippen LogP contribution in [0.5, 0.6) is 5.75 Å². The van der Waals surface area contributed by atoms with Crippen LogP contribution in [0, 0.1) is 0 Å². The van der Waals surface area contributed by atoms with E-state index in [1.807, 2.05) is 30.3 Å². The van der Waals surface area contributed by atoms with Crippen molar-refractivity contribution in [2.75, 3.05) is 5.32 Å². The zero-order chi connectivity index (χ0) is 22.7. The Kier molecular flexibility index (Phi) is 6.02. The van der Waals surface area contributed by atoms with Crippen LogP contribution in [0.3, 0.4) is 0 Å². The van der Waals surface area contributed by atoms with Gasteiger partial charge in [0, 0.05) is 17.7 Å². The fraction of sp³-hybridized carbons (Fsp3) is 0.167. The van der Waals surface area contributed by atoms with E-state index in [-0.39, 0.29) is 5.75 Å². The Morgan fingerprint density at radius 1 is 1.06 bits per heavy atom. The highest BCUT2D eigenvalue weighted by atomic mass is 19.3. The van der Waals surface area contributed by atoms with Crippen molar-refractivity contribution in [1.82, 2.24) is 4.57 Å². The van der Waals surface area contributed by atoms with Crippen LogP contribution in [-0.2, 0) is 11.2 Å². The molecule has 0 spiro atoms. The van der Waals surface area contributed by atoms with Gasteiger partial charge in [-0.05, 0) is 42.8 Å². The van der Waals surface area contributed by atoms with Crippen molar-refractivity contribution in [3.05, 3.63) is 94.5 Å². The molecule has 0 fully saturated rings. The minimum Gasteiger partial charge on any atom is -0.435 e. The number of anilines is 1. The van der Waals surface area contributed by atoms with Gasteiger partial charge in [-0.2, -0.15) is 8.78 Å². The molecule has 8 heteroatoms. The summed E-state index contributed by atoms with van der Waals surface area (Å²) in [5.74, 6) is -1.06. The highest BCUT2D eigenvalue weighted by Gasteiger charge is 2.22. The molecule has 1 amide bonds. The summed E-state index contributed by atoms with van der Waals surface area (Å²) in [6.45, 7) is -1.39. The second-order valence-electron chi connectivity index (χ2n) is 7.23. The fourth-order valence-corrected chi connectivity index (χ4v) is 3.54. The number of ether oxygens (including phenoxy) is 1. The van der Waals surface area contributed by atoms with Gasteiger partial charge in [0.1, 0.15) is 11.8 Å². The molecule has 0 bridgehead atoms. The molecule has 1 unspecified atom stereocenters. The minimum atomic E-state index is -2.97. The highest BCUT2D eigenvalue weighted by Crippen LogP contribution is 2.28. The van der Waals surface area contributed by atoms with Crippen LogP contribution in [0.2, 0.25) is 0 Å². The Morgan fingerprint density at radius 3 is 2.53 bits per heavy atom. The Morgan fingerprint density at radius 2 is 1.78 bits per heavy atom. The summed E-state index contributed by atoms with van der Waals surface area (Å²) in [5, 5.41) is 2.75. The molecule has 1 atom stereocenters. The number of hydrogen-bond acceptors (Lipinski definition) is 4. The predicted molar refractivity (Wildman–Crippen MR) is 116 cm³/mol. The normalized spacial score (nSPS) is 12.1. The van der Waals surface area contributed by atoms with Crippen LogP contribution in [-0.4, -0.2) is 17.1 Å². The SMILES string of the molecule is CC(C(=O)Nc1ccc(OC(F)F)c(Cc2ccccc2)c1)n1c(=O)oc2ccccc21. The summed E-state index contributed by atoms with van der Waals surface area (Å²) in [4.78, 5) is 25.1. The van der Waals surface area contributed by atoms with Crippen molar-refractivity contribution in [3.8, 4) is 5.75 Å². The van der Waals surface area contributed by atoms with Gasteiger partial charge in [0.2, 0.25) is 5.91 Å². The van der Waals surface area contributed by atoms with Crippen LogP contribution >= 0.6 is 0 Å². The number of nitrogens with one attached hydrogen (secondary N) is 1. The Balaban J connectivity index is 1.60. The Bertz CT molecular complexity index is 1300. The van der Waals surface area contributed by atoms with Gasteiger partial charge in [0.15, 0.2) is 5.58 Å². The van der Waals surface area contributed by atoms with E-state index >= 15 is 0 Å². The number of halogens is 2. The van der Waals surface area contributed by atoms with Crippen molar-refractivity contribution in [2.24, 2.45) is 0 Å². The third-order valence-electron chi connectivity index (χ3n) is 5.07. The summed E-state index contributed by atoms with van der Waals surface area (Å²) >= 11 is 0. The molecular formula is C24H20F2N2O4. The van der Waals surface area contributed by atoms with Gasteiger partial charge in [-0.15, -0.1) is 0 Å². The lowest BCUT2D eigenvalue weighted by atomic mass is 10.0. The maximum atomic E-state index is 12.9. The molecule has 1 heterocycles. The third kappa shape index (κ3) is 4.54. The van der Waals surface area contributed by atoms with E-state index in [1.54, 1.807) is 37.3 Å². The molecule has 0 saturated carbocycles. The van der Waals surface area contributed by atoms with E-state index in [2.05, 4.69) is 10.1 Å². The number of amides is 1. The molecule has 32 heavy (non-hydrogen) atoms. The number of hydrogen-bond donors (Lipinski definition) is 1. The van der Waals surface area contributed by atoms with E-state index in [0.717, 1.165) is 5.56 Å². The van der Waals surface area contributed by atoms with Crippen molar-refractivity contribution in [3.63, 3.8) is 0 Å². The van der Waals surface area contributed by atoms with Gasteiger partial charge < -0.3 is 14.5 Å². The number of benzene rings is 3. The second-order valence-corrected chi connectivity index (χ2v) is 7.23. The average molecular weight is 438 g/mol. The number of aromatic nitrogens is 1. The first kappa shape index (κ1) is 21.3. The molecule has 3 aromatic carbocycles. The van der Waals surface area contributed by atoms with Gasteiger partial charge in [-0.1, -0.05) is 42.5 Å². The number of fused-ring (bicyclic) bond motifs is 1. The molecule has 6 nitrogen and oxygen atoms in total. The van der Waals surface area contributed by atoms with Crippen LogP contribution in [0.4, 0.5) is 14.5 Å². The summed E-state index contributed by atoms with van der Waals surface area (Å²) in [5.41, 5.74) is 2.68. The van der Waals surface area contributed by atoms with E-state index in [0.29, 0.717) is 28.8 Å². The van der Waals surface area contributed by atoms with Crippen molar-refractivity contribution in [1.29, 1.82) is 0 Å². The molecule has 0 aliphatic rings. The topological polar surface area (TPSA) is 73.5 Å². The van der Waals surface area contributed by atoms with Crippen molar-refractivity contribution >= 4 is 22.7 Å². The second kappa shape index (κ2) is 9.05. The van der Waals surface area contributed by atoms with E-state index < -0.39 is 24.3 Å². The van der Waals surface area contributed by atoms with Gasteiger partial charge in [-0.25, -0.2) is 4.79 Å². The fourth-order valence-electron chi connectivity index (χ4n) is 3.54. The Labute approximate surface area is 182 Å². The predicted octanol–water partition coefficient (Wildman–Crippen LogP) is 4.99. The molecule has 0 aliphatic heterocycles.